The smallest absolute Gasteiger partial charge is 0.0753 e. The van der Waals surface area contributed by atoms with Crippen LogP contribution >= 0.6 is 11.6 Å². The number of benzene rings is 2. The van der Waals surface area contributed by atoms with Crippen molar-refractivity contribution >= 4 is 22.5 Å². The molecule has 0 amide bonds. The Bertz CT molecular complexity index is 748. The third kappa shape index (κ3) is 2.22. The van der Waals surface area contributed by atoms with Crippen molar-refractivity contribution in [3.05, 3.63) is 64.7 Å². The second kappa shape index (κ2) is 4.67. The second-order valence-electron chi connectivity index (χ2n) is 4.83. The predicted molar refractivity (Wildman–Crippen MR) is 81.7 cm³/mol. The minimum absolute atomic E-state index is 0.760. The number of nitrogens with zero attached hydrogens (tertiary/aromatic N) is 1. The van der Waals surface area contributed by atoms with Gasteiger partial charge >= 0.3 is 0 Å². The Labute approximate surface area is 117 Å². The first-order valence-electron chi connectivity index (χ1n) is 6.28. The Hall–Kier alpha value is -1.86. The third-order valence-corrected chi connectivity index (χ3v) is 3.58. The third-order valence-electron chi connectivity index (χ3n) is 3.27. The first-order chi connectivity index (χ1) is 9.15. The Balaban J connectivity index is 2.31. The summed E-state index contributed by atoms with van der Waals surface area (Å²) in [5.41, 5.74) is 5.36. The quantitative estimate of drug-likeness (QED) is 0.593. The molecule has 0 saturated heterocycles. The molecule has 19 heavy (non-hydrogen) atoms. The number of hydrogen-bond acceptors (Lipinski definition) is 1. The van der Waals surface area contributed by atoms with Crippen LogP contribution in [0, 0.1) is 13.8 Å². The molecular weight excluding hydrogens is 254 g/mol. The molecule has 1 aromatic heterocycles. The van der Waals surface area contributed by atoms with E-state index in [4.69, 9.17) is 16.6 Å². The largest absolute Gasteiger partial charge is 0.247 e. The van der Waals surface area contributed by atoms with Crippen molar-refractivity contribution in [2.45, 2.75) is 13.8 Å². The summed E-state index contributed by atoms with van der Waals surface area (Å²) in [5.74, 6) is 0. The Kier molecular flexibility index (Phi) is 3.00. The standard InChI is InChI=1S/C17H14ClN/c1-11-8-12(2)17-14(9-11)15(18)10-16(19-17)13-6-4-3-5-7-13/h3-10H,1-2H3. The average Bonchev–Trinajstić information content (AvgIpc) is 2.41. The highest BCUT2D eigenvalue weighted by Gasteiger charge is 2.08. The molecule has 0 atom stereocenters. The van der Waals surface area contributed by atoms with Crippen molar-refractivity contribution in [1.29, 1.82) is 0 Å². The van der Waals surface area contributed by atoms with E-state index in [-0.39, 0.29) is 0 Å². The lowest BCUT2D eigenvalue weighted by atomic mass is 10.0. The van der Waals surface area contributed by atoms with Crippen LogP contribution in [0.2, 0.25) is 5.02 Å². The van der Waals surface area contributed by atoms with E-state index in [0.717, 1.165) is 32.7 Å². The van der Waals surface area contributed by atoms with Gasteiger partial charge in [0.25, 0.3) is 0 Å². The first-order valence-corrected chi connectivity index (χ1v) is 6.66. The fourth-order valence-electron chi connectivity index (χ4n) is 2.40. The second-order valence-corrected chi connectivity index (χ2v) is 5.24. The summed E-state index contributed by atoms with van der Waals surface area (Å²) in [4.78, 5) is 4.76. The topological polar surface area (TPSA) is 12.9 Å². The molecule has 0 fully saturated rings. The maximum Gasteiger partial charge on any atom is 0.0753 e. The fraction of sp³-hybridized carbons (Fsp3) is 0.118. The van der Waals surface area contributed by atoms with Gasteiger partial charge in [-0.2, -0.15) is 0 Å². The zero-order valence-electron chi connectivity index (χ0n) is 10.9. The van der Waals surface area contributed by atoms with Crippen LogP contribution in [-0.2, 0) is 0 Å². The van der Waals surface area contributed by atoms with Gasteiger partial charge in [-0.3, -0.25) is 0 Å². The van der Waals surface area contributed by atoms with Gasteiger partial charge in [0.05, 0.1) is 16.2 Å². The van der Waals surface area contributed by atoms with Crippen molar-refractivity contribution in [2.75, 3.05) is 0 Å². The molecule has 94 valence electrons. The monoisotopic (exact) mass is 267 g/mol. The van der Waals surface area contributed by atoms with E-state index < -0.39 is 0 Å². The Morgan fingerprint density at radius 1 is 0.947 bits per heavy atom. The van der Waals surface area contributed by atoms with Gasteiger partial charge in [-0.05, 0) is 31.5 Å². The van der Waals surface area contributed by atoms with Crippen LogP contribution in [0.5, 0.6) is 0 Å². The van der Waals surface area contributed by atoms with Crippen LogP contribution in [0.15, 0.2) is 48.5 Å². The molecule has 0 aliphatic heterocycles. The highest BCUT2D eigenvalue weighted by atomic mass is 35.5. The summed E-state index contributed by atoms with van der Waals surface area (Å²) in [6.45, 7) is 4.15. The van der Waals surface area contributed by atoms with E-state index in [1.54, 1.807) is 0 Å². The average molecular weight is 268 g/mol. The van der Waals surface area contributed by atoms with Gasteiger partial charge in [-0.25, -0.2) is 4.98 Å². The summed E-state index contributed by atoms with van der Waals surface area (Å²) < 4.78 is 0. The van der Waals surface area contributed by atoms with Crippen molar-refractivity contribution in [1.82, 2.24) is 4.98 Å². The normalized spacial score (nSPS) is 10.9. The van der Waals surface area contributed by atoms with Gasteiger partial charge in [-0.15, -0.1) is 0 Å². The summed E-state index contributed by atoms with van der Waals surface area (Å²) in [6.07, 6.45) is 0. The van der Waals surface area contributed by atoms with Crippen LogP contribution in [0.3, 0.4) is 0 Å². The van der Waals surface area contributed by atoms with Gasteiger partial charge in [-0.1, -0.05) is 53.6 Å². The zero-order chi connectivity index (χ0) is 13.4. The van der Waals surface area contributed by atoms with Crippen molar-refractivity contribution in [3.63, 3.8) is 0 Å². The molecule has 1 nitrogen and oxygen atoms in total. The number of rotatable bonds is 1. The fourth-order valence-corrected chi connectivity index (χ4v) is 2.65. The van der Waals surface area contributed by atoms with Crippen molar-refractivity contribution < 1.29 is 0 Å². The van der Waals surface area contributed by atoms with Crippen LogP contribution in [0.4, 0.5) is 0 Å². The highest BCUT2D eigenvalue weighted by molar-refractivity contribution is 6.35. The van der Waals surface area contributed by atoms with Gasteiger partial charge in [0.1, 0.15) is 0 Å². The maximum atomic E-state index is 6.42. The molecule has 1 heterocycles. The minimum Gasteiger partial charge on any atom is -0.247 e. The van der Waals surface area contributed by atoms with E-state index in [1.165, 1.54) is 5.56 Å². The molecule has 0 bridgehead atoms. The summed E-state index contributed by atoms with van der Waals surface area (Å²) in [6, 6.07) is 16.3. The van der Waals surface area contributed by atoms with Gasteiger partial charge in [0, 0.05) is 10.9 Å². The van der Waals surface area contributed by atoms with Crippen LogP contribution in [0.25, 0.3) is 22.2 Å². The molecule has 0 N–H and O–H groups in total. The summed E-state index contributed by atoms with van der Waals surface area (Å²) >= 11 is 6.42. The van der Waals surface area contributed by atoms with Gasteiger partial charge in [0.2, 0.25) is 0 Å². The lowest BCUT2D eigenvalue weighted by molar-refractivity contribution is 1.34. The first kappa shape index (κ1) is 12.2. The van der Waals surface area contributed by atoms with E-state index in [9.17, 15) is 0 Å². The van der Waals surface area contributed by atoms with Gasteiger partial charge in [0.15, 0.2) is 0 Å². The molecule has 3 aromatic rings. The van der Waals surface area contributed by atoms with Gasteiger partial charge < -0.3 is 0 Å². The number of aryl methyl sites for hydroxylation is 2. The van der Waals surface area contributed by atoms with E-state index in [1.807, 2.05) is 36.4 Å². The minimum atomic E-state index is 0.760. The molecule has 0 saturated carbocycles. The van der Waals surface area contributed by atoms with E-state index in [2.05, 4.69) is 26.0 Å². The Morgan fingerprint density at radius 3 is 2.42 bits per heavy atom. The van der Waals surface area contributed by atoms with E-state index >= 15 is 0 Å². The number of fused-ring (bicyclic) bond motifs is 1. The summed E-state index contributed by atoms with van der Waals surface area (Å²) in [5, 5.41) is 1.79. The molecule has 2 aromatic carbocycles. The molecule has 0 radical (unpaired) electrons. The van der Waals surface area contributed by atoms with Crippen molar-refractivity contribution in [2.24, 2.45) is 0 Å². The molecule has 0 aliphatic rings. The summed E-state index contributed by atoms with van der Waals surface area (Å²) in [7, 11) is 0. The molecule has 0 spiro atoms. The van der Waals surface area contributed by atoms with E-state index in [0.29, 0.717) is 0 Å². The lowest BCUT2D eigenvalue weighted by Crippen LogP contribution is -1.90. The van der Waals surface area contributed by atoms with Crippen LogP contribution in [-0.4, -0.2) is 4.98 Å². The Morgan fingerprint density at radius 2 is 1.68 bits per heavy atom. The highest BCUT2D eigenvalue weighted by Crippen LogP contribution is 2.30. The molecule has 3 rings (SSSR count). The SMILES string of the molecule is Cc1cc(C)c2nc(-c3ccccc3)cc(Cl)c2c1. The lowest BCUT2D eigenvalue weighted by Gasteiger charge is -2.09. The maximum absolute atomic E-state index is 6.42. The zero-order valence-corrected chi connectivity index (χ0v) is 11.7. The molecular formula is C17H14ClN. The van der Waals surface area contributed by atoms with Crippen LogP contribution < -0.4 is 0 Å². The predicted octanol–water partition coefficient (Wildman–Crippen LogP) is 5.17. The number of aromatic nitrogens is 1. The number of pyridine rings is 1. The number of hydrogen-bond donors (Lipinski definition) is 0. The molecule has 0 aliphatic carbocycles. The van der Waals surface area contributed by atoms with Crippen LogP contribution in [0.1, 0.15) is 11.1 Å². The number of halogens is 1. The van der Waals surface area contributed by atoms with Crippen molar-refractivity contribution in [3.8, 4) is 11.3 Å². The molecule has 0 unspecified atom stereocenters. The molecule has 2 heteroatoms.